The van der Waals surface area contributed by atoms with Crippen molar-refractivity contribution in [3.8, 4) is 11.8 Å². The molecule has 7 nitrogen and oxygen atoms in total. The molecule has 0 unspecified atom stereocenters. The van der Waals surface area contributed by atoms with E-state index in [2.05, 4.69) is 0 Å². The van der Waals surface area contributed by atoms with Gasteiger partial charge in [-0.3, -0.25) is 9.69 Å². The summed E-state index contributed by atoms with van der Waals surface area (Å²) in [5.74, 6) is -1.03. The van der Waals surface area contributed by atoms with Crippen LogP contribution in [0.5, 0.6) is 5.75 Å². The van der Waals surface area contributed by atoms with Gasteiger partial charge in [-0.25, -0.2) is 4.79 Å². The van der Waals surface area contributed by atoms with Crippen molar-refractivity contribution in [2.24, 2.45) is 0 Å². The van der Waals surface area contributed by atoms with Gasteiger partial charge in [0, 0.05) is 11.8 Å². The van der Waals surface area contributed by atoms with Gasteiger partial charge in [0.25, 0.3) is 5.91 Å². The van der Waals surface area contributed by atoms with Crippen LogP contribution in [0.1, 0.15) is 35.3 Å². The van der Waals surface area contributed by atoms with Gasteiger partial charge in [-0.2, -0.15) is 18.4 Å². The molecule has 0 aliphatic carbocycles. The number of carbonyl (C=O) groups is 2. The smallest absolute Gasteiger partial charge is 0.417 e. The van der Waals surface area contributed by atoms with Crippen LogP contribution in [0.15, 0.2) is 36.4 Å². The van der Waals surface area contributed by atoms with Crippen molar-refractivity contribution in [2.45, 2.75) is 25.6 Å². The largest absolute Gasteiger partial charge is 0.496 e. The van der Waals surface area contributed by atoms with E-state index in [-0.39, 0.29) is 22.1 Å². The second-order valence-electron chi connectivity index (χ2n) is 7.53. The predicted octanol–water partition coefficient (Wildman–Crippen LogP) is 4.29. The van der Waals surface area contributed by atoms with E-state index >= 15 is 0 Å². The lowest BCUT2D eigenvalue weighted by molar-refractivity contribution is -0.137. The van der Waals surface area contributed by atoms with Gasteiger partial charge >= 0.3 is 12.1 Å². The number of halogens is 3. The molecule has 0 atom stereocenters. The Kier molecular flexibility index (Phi) is 6.08. The first kappa shape index (κ1) is 24.0. The van der Waals surface area contributed by atoms with Crippen LogP contribution in [0.25, 0.3) is 0 Å². The number of thiocarbonyl (C=S) groups is 1. The molecule has 11 heteroatoms. The maximum absolute atomic E-state index is 13.5. The highest BCUT2D eigenvalue weighted by Gasteiger charge is 2.51. The van der Waals surface area contributed by atoms with Gasteiger partial charge < -0.3 is 14.4 Å². The molecule has 0 bridgehead atoms. The van der Waals surface area contributed by atoms with Crippen molar-refractivity contribution < 1.29 is 32.2 Å². The first-order valence-electron chi connectivity index (χ1n) is 9.45. The van der Waals surface area contributed by atoms with Crippen molar-refractivity contribution in [1.82, 2.24) is 0 Å². The molecule has 1 aliphatic rings. The Morgan fingerprint density at radius 1 is 1.12 bits per heavy atom. The molecule has 1 heterocycles. The lowest BCUT2D eigenvalue weighted by Gasteiger charge is -2.29. The van der Waals surface area contributed by atoms with Crippen molar-refractivity contribution in [1.29, 1.82) is 5.26 Å². The molecular weight excluding hydrogens is 459 g/mol. The standard InChI is InChI=1S/C22H18F3N3O4S/c1-21(2)19(30)27(13-6-5-12(11-26)16(9-13)22(23,24)25)20(33)28(21)14-7-8-15(18(29)32-4)17(10-14)31-3/h5-10H,1-4H3. The quantitative estimate of drug-likeness (QED) is 0.480. The number of hydrogen-bond acceptors (Lipinski definition) is 6. The molecule has 1 amide bonds. The maximum Gasteiger partial charge on any atom is 0.417 e. The zero-order chi connectivity index (χ0) is 24.7. The fourth-order valence-corrected chi connectivity index (χ4v) is 4.08. The predicted molar refractivity (Wildman–Crippen MR) is 117 cm³/mol. The summed E-state index contributed by atoms with van der Waals surface area (Å²) >= 11 is 5.49. The Labute approximate surface area is 192 Å². The number of esters is 1. The average molecular weight is 477 g/mol. The molecule has 1 aliphatic heterocycles. The highest BCUT2D eigenvalue weighted by molar-refractivity contribution is 7.81. The molecule has 172 valence electrons. The Hall–Kier alpha value is -3.65. The van der Waals surface area contributed by atoms with Crippen LogP contribution in [0.4, 0.5) is 24.5 Å². The summed E-state index contributed by atoms with van der Waals surface area (Å²) in [5.41, 5.74) is -2.60. The number of carbonyl (C=O) groups excluding carboxylic acids is 2. The number of amides is 1. The number of rotatable bonds is 4. The Bertz CT molecular complexity index is 1200. The minimum atomic E-state index is -4.79. The Morgan fingerprint density at radius 2 is 1.76 bits per heavy atom. The van der Waals surface area contributed by atoms with Gasteiger partial charge in [-0.15, -0.1) is 0 Å². The van der Waals surface area contributed by atoms with Crippen molar-refractivity contribution in [2.75, 3.05) is 24.0 Å². The lowest BCUT2D eigenvalue weighted by atomic mass is 10.0. The van der Waals surface area contributed by atoms with Crippen LogP contribution in [-0.2, 0) is 15.7 Å². The van der Waals surface area contributed by atoms with Crippen LogP contribution in [0.2, 0.25) is 0 Å². The SMILES string of the molecule is COC(=O)c1ccc(N2C(=S)N(c3ccc(C#N)c(C(F)(F)F)c3)C(=O)C2(C)C)cc1OC. The molecule has 0 N–H and O–H groups in total. The number of nitrogens with zero attached hydrogens (tertiary/aromatic N) is 3. The topological polar surface area (TPSA) is 82.9 Å². The van der Waals surface area contributed by atoms with Crippen molar-refractivity contribution >= 4 is 40.6 Å². The highest BCUT2D eigenvalue weighted by atomic mass is 32.1. The first-order chi connectivity index (χ1) is 15.4. The van der Waals surface area contributed by atoms with E-state index in [1.807, 2.05) is 0 Å². The molecule has 0 spiro atoms. The minimum Gasteiger partial charge on any atom is -0.496 e. The monoisotopic (exact) mass is 477 g/mol. The van der Waals surface area contributed by atoms with Crippen LogP contribution in [0.3, 0.4) is 0 Å². The maximum atomic E-state index is 13.5. The van der Waals surface area contributed by atoms with E-state index in [1.165, 1.54) is 49.5 Å². The van der Waals surface area contributed by atoms with Crippen LogP contribution in [0, 0.1) is 11.3 Å². The number of hydrogen-bond donors (Lipinski definition) is 0. The van der Waals surface area contributed by atoms with Gasteiger partial charge in [0.15, 0.2) is 5.11 Å². The molecule has 0 radical (unpaired) electrons. The molecule has 0 saturated carbocycles. The molecule has 2 aromatic rings. The summed E-state index contributed by atoms with van der Waals surface area (Å²) in [4.78, 5) is 27.7. The van der Waals surface area contributed by atoms with Gasteiger partial charge in [-0.05, 0) is 56.4 Å². The molecule has 33 heavy (non-hydrogen) atoms. The fourth-order valence-electron chi connectivity index (χ4n) is 3.56. The zero-order valence-electron chi connectivity index (χ0n) is 18.0. The normalized spacial score (nSPS) is 15.5. The summed E-state index contributed by atoms with van der Waals surface area (Å²) in [7, 11) is 2.57. The van der Waals surface area contributed by atoms with Crippen molar-refractivity contribution in [3.63, 3.8) is 0 Å². The zero-order valence-corrected chi connectivity index (χ0v) is 18.8. The van der Waals surface area contributed by atoms with E-state index < -0.39 is 34.7 Å². The number of nitriles is 1. The van der Waals surface area contributed by atoms with E-state index in [9.17, 15) is 22.8 Å². The van der Waals surface area contributed by atoms with E-state index in [4.69, 9.17) is 27.0 Å². The first-order valence-corrected chi connectivity index (χ1v) is 9.85. The molecule has 2 aromatic carbocycles. The van der Waals surface area contributed by atoms with Gasteiger partial charge in [0.05, 0.1) is 37.1 Å². The summed E-state index contributed by atoms with van der Waals surface area (Å²) in [6, 6.07) is 8.91. The number of anilines is 2. The summed E-state index contributed by atoms with van der Waals surface area (Å²) < 4.78 is 50.4. The Morgan fingerprint density at radius 3 is 2.30 bits per heavy atom. The molecular formula is C22H18F3N3O4S. The van der Waals surface area contributed by atoms with E-state index in [1.54, 1.807) is 13.8 Å². The second-order valence-corrected chi connectivity index (χ2v) is 7.90. The number of alkyl halides is 3. The van der Waals surface area contributed by atoms with Gasteiger partial charge in [0.1, 0.15) is 16.9 Å². The average Bonchev–Trinajstić information content (AvgIpc) is 2.95. The van der Waals surface area contributed by atoms with E-state index in [0.717, 1.165) is 17.0 Å². The molecule has 3 rings (SSSR count). The minimum absolute atomic E-state index is 0.0734. The highest BCUT2D eigenvalue weighted by Crippen LogP contribution is 2.40. The summed E-state index contributed by atoms with van der Waals surface area (Å²) in [6.07, 6.45) is -4.79. The number of methoxy groups -OCH3 is 2. The van der Waals surface area contributed by atoms with Crippen LogP contribution >= 0.6 is 12.2 Å². The van der Waals surface area contributed by atoms with Gasteiger partial charge in [0.2, 0.25) is 0 Å². The second kappa shape index (κ2) is 8.37. The van der Waals surface area contributed by atoms with Gasteiger partial charge in [-0.1, -0.05) is 0 Å². The Balaban J connectivity index is 2.11. The third-order valence-electron chi connectivity index (χ3n) is 5.20. The summed E-state index contributed by atoms with van der Waals surface area (Å²) in [5, 5.41) is 8.96. The van der Waals surface area contributed by atoms with E-state index in [0.29, 0.717) is 5.69 Å². The van der Waals surface area contributed by atoms with Crippen LogP contribution < -0.4 is 14.5 Å². The number of ether oxygens (including phenoxy) is 2. The fraction of sp³-hybridized carbons (Fsp3) is 0.273. The molecule has 1 fully saturated rings. The molecule has 0 aromatic heterocycles. The number of benzene rings is 2. The third kappa shape index (κ3) is 3.98. The van der Waals surface area contributed by atoms with Crippen LogP contribution in [-0.4, -0.2) is 36.7 Å². The summed E-state index contributed by atoms with van der Waals surface area (Å²) in [6.45, 7) is 3.13. The third-order valence-corrected chi connectivity index (χ3v) is 5.57. The lowest BCUT2D eigenvalue weighted by Crippen LogP contribution is -2.44. The van der Waals surface area contributed by atoms with Crippen molar-refractivity contribution in [3.05, 3.63) is 53.1 Å². The molecule has 1 saturated heterocycles.